The number of aromatic amines is 1. The van der Waals surface area contributed by atoms with Gasteiger partial charge in [0.05, 0.1) is 5.39 Å². The highest BCUT2D eigenvalue weighted by molar-refractivity contribution is 6.02. The van der Waals surface area contributed by atoms with Gasteiger partial charge in [0.1, 0.15) is 5.75 Å². The number of aromatic hydroxyl groups is 1. The molecule has 1 atom stereocenters. The van der Waals surface area contributed by atoms with Gasteiger partial charge in [-0.15, -0.1) is 0 Å². The van der Waals surface area contributed by atoms with Gasteiger partial charge in [0.2, 0.25) is 5.95 Å². The Balaban J connectivity index is 1.64. The number of phenolic OH excluding ortho intramolecular Hbond substituents is 1. The van der Waals surface area contributed by atoms with Gasteiger partial charge >= 0.3 is 0 Å². The Kier molecular flexibility index (Phi) is 3.89. The summed E-state index contributed by atoms with van der Waals surface area (Å²) in [5.74, 6) is 0.476. The number of carbonyl (C=O) groups is 1. The summed E-state index contributed by atoms with van der Waals surface area (Å²) in [6, 6.07) is 7.05. The van der Waals surface area contributed by atoms with Crippen LogP contribution in [0.4, 0.5) is 5.95 Å². The maximum absolute atomic E-state index is 12.9. The molecular formula is C21H20N4O3. The highest BCUT2D eigenvalue weighted by atomic mass is 16.3. The fourth-order valence-corrected chi connectivity index (χ4v) is 4.39. The maximum atomic E-state index is 12.9. The van der Waals surface area contributed by atoms with Crippen LogP contribution in [0.15, 0.2) is 35.3 Å². The summed E-state index contributed by atoms with van der Waals surface area (Å²) in [6.07, 6.45) is 4.48. The van der Waals surface area contributed by atoms with Crippen molar-refractivity contribution in [2.45, 2.75) is 31.6 Å². The van der Waals surface area contributed by atoms with Crippen LogP contribution in [0.3, 0.4) is 0 Å². The molecule has 0 amide bonds. The minimum Gasteiger partial charge on any atom is -0.508 e. The second-order valence-electron chi connectivity index (χ2n) is 7.52. The van der Waals surface area contributed by atoms with E-state index in [1.165, 1.54) is 0 Å². The molecule has 3 aromatic rings. The normalized spacial score (nSPS) is 19.2. The molecule has 1 aromatic carbocycles. The summed E-state index contributed by atoms with van der Waals surface area (Å²) >= 11 is 0. The number of fused-ring (bicyclic) bond motifs is 3. The Bertz CT molecular complexity index is 1150. The minimum absolute atomic E-state index is 0.0630. The van der Waals surface area contributed by atoms with E-state index in [1.807, 2.05) is 12.1 Å². The molecule has 3 heterocycles. The van der Waals surface area contributed by atoms with Gasteiger partial charge in [-0.2, -0.15) is 4.98 Å². The topological polar surface area (TPSA) is 99.2 Å². The van der Waals surface area contributed by atoms with Crippen molar-refractivity contribution in [2.24, 2.45) is 0 Å². The number of ketones is 1. The van der Waals surface area contributed by atoms with Crippen LogP contribution in [-0.2, 0) is 6.42 Å². The van der Waals surface area contributed by atoms with E-state index in [0.717, 1.165) is 31.5 Å². The number of hydrogen-bond donors (Lipinski definition) is 2. The summed E-state index contributed by atoms with van der Waals surface area (Å²) < 4.78 is 0. The monoisotopic (exact) mass is 376 g/mol. The zero-order valence-electron chi connectivity index (χ0n) is 15.3. The zero-order chi connectivity index (χ0) is 19.3. The number of hydrogen-bond acceptors (Lipinski definition) is 6. The molecule has 2 N–H and O–H groups in total. The summed E-state index contributed by atoms with van der Waals surface area (Å²) in [7, 11) is 0. The molecule has 1 aliphatic carbocycles. The van der Waals surface area contributed by atoms with E-state index in [2.05, 4.69) is 19.9 Å². The quantitative estimate of drug-likeness (QED) is 0.713. The average Bonchev–Trinajstić information content (AvgIpc) is 3.22. The van der Waals surface area contributed by atoms with Crippen LogP contribution < -0.4 is 10.5 Å². The number of H-pyrrole nitrogens is 1. The molecule has 5 rings (SSSR count). The van der Waals surface area contributed by atoms with Crippen LogP contribution >= 0.6 is 0 Å². The number of phenols is 1. The van der Waals surface area contributed by atoms with E-state index >= 15 is 0 Å². The maximum Gasteiger partial charge on any atom is 0.262 e. The van der Waals surface area contributed by atoms with E-state index in [9.17, 15) is 14.7 Å². The molecule has 28 heavy (non-hydrogen) atoms. The molecule has 1 unspecified atom stereocenters. The lowest BCUT2D eigenvalue weighted by Gasteiger charge is -2.25. The van der Waals surface area contributed by atoms with Crippen molar-refractivity contribution in [1.82, 2.24) is 15.0 Å². The predicted molar refractivity (Wildman–Crippen MR) is 105 cm³/mol. The largest absolute Gasteiger partial charge is 0.508 e. The van der Waals surface area contributed by atoms with E-state index in [1.54, 1.807) is 18.3 Å². The summed E-state index contributed by atoms with van der Waals surface area (Å²) in [4.78, 5) is 39.5. The van der Waals surface area contributed by atoms with Crippen molar-refractivity contribution in [1.29, 1.82) is 0 Å². The van der Waals surface area contributed by atoms with Crippen LogP contribution in [0, 0.1) is 0 Å². The number of rotatable bonds is 2. The standard InChI is InChI=1S/C21H20N4O3/c26-16-6-2-1-5-13(16)12-9-14-15(17(27)10-12)11-22-19-18(14)20(28)24-21(23-19)25-7-3-4-8-25/h1-2,5-6,11-12,26H,3-4,7-10H2,(H,22,23,24,28). The van der Waals surface area contributed by atoms with Crippen LogP contribution in [0.25, 0.3) is 11.0 Å². The predicted octanol–water partition coefficient (Wildman–Crippen LogP) is 2.54. The Morgan fingerprint density at radius 1 is 1.11 bits per heavy atom. The Morgan fingerprint density at radius 2 is 1.89 bits per heavy atom. The van der Waals surface area contributed by atoms with Crippen molar-refractivity contribution >= 4 is 22.8 Å². The molecule has 0 bridgehead atoms. The molecule has 7 heteroatoms. The smallest absolute Gasteiger partial charge is 0.262 e. The lowest BCUT2D eigenvalue weighted by Crippen LogP contribution is -2.26. The Labute approximate surface area is 161 Å². The van der Waals surface area contributed by atoms with Crippen molar-refractivity contribution in [3.63, 3.8) is 0 Å². The van der Waals surface area contributed by atoms with Crippen LogP contribution in [-0.4, -0.2) is 38.9 Å². The average molecular weight is 376 g/mol. The summed E-state index contributed by atoms with van der Waals surface area (Å²) in [5, 5.41) is 10.6. The zero-order valence-corrected chi connectivity index (χ0v) is 15.3. The number of anilines is 1. The summed E-state index contributed by atoms with van der Waals surface area (Å²) in [5.41, 5.74) is 2.00. The highest BCUT2D eigenvalue weighted by Crippen LogP contribution is 2.37. The molecule has 142 valence electrons. The number of nitrogens with zero attached hydrogens (tertiary/aromatic N) is 3. The molecule has 0 radical (unpaired) electrons. The molecule has 1 aliphatic heterocycles. The van der Waals surface area contributed by atoms with Gasteiger partial charge in [-0.25, -0.2) is 4.98 Å². The van der Waals surface area contributed by atoms with Gasteiger partial charge in [0, 0.05) is 31.3 Å². The van der Waals surface area contributed by atoms with Gasteiger partial charge in [-0.1, -0.05) is 18.2 Å². The molecule has 1 saturated heterocycles. The van der Waals surface area contributed by atoms with Crippen molar-refractivity contribution in [3.8, 4) is 5.75 Å². The summed E-state index contributed by atoms with van der Waals surface area (Å²) in [6.45, 7) is 1.74. The number of carbonyl (C=O) groups excluding carboxylic acids is 1. The second kappa shape index (κ2) is 6.44. The first-order valence-corrected chi connectivity index (χ1v) is 9.60. The number of nitrogens with one attached hydrogen (secondary N) is 1. The molecule has 1 fully saturated rings. The van der Waals surface area contributed by atoms with E-state index < -0.39 is 0 Å². The third kappa shape index (κ3) is 2.66. The number of aromatic nitrogens is 3. The lowest BCUT2D eigenvalue weighted by atomic mass is 9.79. The van der Waals surface area contributed by atoms with Gasteiger partial charge in [0.25, 0.3) is 5.56 Å². The molecule has 7 nitrogen and oxygen atoms in total. The van der Waals surface area contributed by atoms with Gasteiger partial charge in [-0.3, -0.25) is 14.6 Å². The second-order valence-corrected chi connectivity index (χ2v) is 7.52. The third-order valence-corrected chi connectivity index (χ3v) is 5.80. The Hall–Kier alpha value is -3.22. The van der Waals surface area contributed by atoms with Gasteiger partial charge < -0.3 is 10.0 Å². The van der Waals surface area contributed by atoms with Crippen LogP contribution in [0.1, 0.15) is 46.7 Å². The third-order valence-electron chi connectivity index (χ3n) is 5.80. The first kappa shape index (κ1) is 16.9. The van der Waals surface area contributed by atoms with Crippen molar-refractivity contribution in [2.75, 3.05) is 18.0 Å². The number of Topliss-reactive ketones (excluding diaryl/α,β-unsaturated/α-hetero) is 1. The minimum atomic E-state index is -0.262. The van der Waals surface area contributed by atoms with Crippen LogP contribution in [0.2, 0.25) is 0 Å². The van der Waals surface area contributed by atoms with Gasteiger partial charge in [-0.05, 0) is 42.4 Å². The first-order valence-electron chi connectivity index (χ1n) is 9.60. The molecule has 2 aliphatic rings. The lowest BCUT2D eigenvalue weighted by molar-refractivity contribution is 0.0964. The molecule has 2 aromatic heterocycles. The SMILES string of the molecule is O=C1CC(c2ccccc2O)Cc2c1cnc1nc(N3CCCC3)[nH]c(=O)c21. The number of benzene rings is 1. The fourth-order valence-electron chi connectivity index (χ4n) is 4.39. The Morgan fingerprint density at radius 3 is 2.68 bits per heavy atom. The molecular weight excluding hydrogens is 356 g/mol. The van der Waals surface area contributed by atoms with Crippen molar-refractivity contribution < 1.29 is 9.90 Å². The number of pyridine rings is 1. The van der Waals surface area contributed by atoms with E-state index in [-0.39, 0.29) is 29.4 Å². The first-order chi connectivity index (χ1) is 13.6. The molecule has 0 spiro atoms. The van der Waals surface area contributed by atoms with Gasteiger partial charge in [0.15, 0.2) is 11.4 Å². The highest BCUT2D eigenvalue weighted by Gasteiger charge is 2.31. The number of para-hydroxylation sites is 1. The molecule has 0 saturated carbocycles. The van der Waals surface area contributed by atoms with Crippen LogP contribution in [0.5, 0.6) is 5.75 Å². The van der Waals surface area contributed by atoms with Crippen molar-refractivity contribution in [3.05, 3.63) is 57.5 Å². The fraction of sp³-hybridized carbons (Fsp3) is 0.333. The van der Waals surface area contributed by atoms with E-state index in [4.69, 9.17) is 0 Å². The van der Waals surface area contributed by atoms with E-state index in [0.29, 0.717) is 34.5 Å².